The second-order valence-corrected chi connectivity index (χ2v) is 3.77. The molecule has 0 aromatic carbocycles. The van der Waals surface area contributed by atoms with Crippen molar-refractivity contribution < 1.29 is 9.90 Å². The van der Waals surface area contributed by atoms with Gasteiger partial charge >= 0.3 is 5.97 Å². The van der Waals surface area contributed by atoms with Gasteiger partial charge < -0.3 is 15.3 Å². The molecule has 6 nitrogen and oxygen atoms in total. The number of nitrogens with one attached hydrogen (secondary N) is 1. The number of rotatable bonds is 2. The molecule has 0 amide bonds. The minimum Gasteiger partial charge on any atom is -0.480 e. The fourth-order valence-electron chi connectivity index (χ4n) is 1.84. The number of carboxylic acids is 1. The standard InChI is InChI=1S/C11H12N4O2/c12-6-8-1-2-14-10(5-8)15-4-3-13-7-9(15)11(16)17/h1-2,5,9,13H,3-4,7H2,(H,16,17)/t9-/m0/s1. The number of piperazine rings is 1. The van der Waals surface area contributed by atoms with Crippen molar-refractivity contribution in [3.63, 3.8) is 0 Å². The van der Waals surface area contributed by atoms with E-state index < -0.39 is 12.0 Å². The number of carboxylic acid groups (broad SMARTS) is 1. The van der Waals surface area contributed by atoms with E-state index in [-0.39, 0.29) is 0 Å². The quantitative estimate of drug-likeness (QED) is 0.735. The van der Waals surface area contributed by atoms with Crippen LogP contribution in [-0.2, 0) is 4.79 Å². The Morgan fingerprint density at radius 1 is 1.71 bits per heavy atom. The zero-order valence-corrected chi connectivity index (χ0v) is 9.13. The number of nitriles is 1. The summed E-state index contributed by atoms with van der Waals surface area (Å²) >= 11 is 0. The first kappa shape index (κ1) is 11.4. The molecule has 1 saturated heterocycles. The fraction of sp³-hybridized carbons (Fsp3) is 0.364. The lowest BCUT2D eigenvalue weighted by atomic mass is 10.2. The van der Waals surface area contributed by atoms with Crippen LogP contribution in [0.15, 0.2) is 18.3 Å². The predicted molar refractivity (Wildman–Crippen MR) is 60.6 cm³/mol. The van der Waals surface area contributed by atoms with E-state index in [1.54, 1.807) is 17.0 Å². The molecule has 2 N–H and O–H groups in total. The summed E-state index contributed by atoms with van der Waals surface area (Å²) < 4.78 is 0. The van der Waals surface area contributed by atoms with Gasteiger partial charge in [-0.1, -0.05) is 0 Å². The maximum Gasteiger partial charge on any atom is 0.327 e. The summed E-state index contributed by atoms with van der Waals surface area (Å²) in [7, 11) is 0. The second-order valence-electron chi connectivity index (χ2n) is 3.77. The van der Waals surface area contributed by atoms with Crippen LogP contribution < -0.4 is 10.2 Å². The second kappa shape index (κ2) is 4.80. The molecule has 1 aromatic heterocycles. The molecule has 2 rings (SSSR count). The monoisotopic (exact) mass is 232 g/mol. The van der Waals surface area contributed by atoms with Crippen molar-refractivity contribution in [2.75, 3.05) is 24.5 Å². The van der Waals surface area contributed by atoms with E-state index in [0.717, 1.165) is 0 Å². The SMILES string of the molecule is N#Cc1ccnc(N2CCNC[C@H]2C(=O)O)c1. The third kappa shape index (κ3) is 2.34. The van der Waals surface area contributed by atoms with Gasteiger partial charge in [-0.2, -0.15) is 5.26 Å². The van der Waals surface area contributed by atoms with Crippen molar-refractivity contribution in [1.29, 1.82) is 5.26 Å². The van der Waals surface area contributed by atoms with Crippen LogP contribution in [0.25, 0.3) is 0 Å². The van der Waals surface area contributed by atoms with Crippen molar-refractivity contribution in [3.05, 3.63) is 23.9 Å². The molecule has 0 unspecified atom stereocenters. The van der Waals surface area contributed by atoms with Gasteiger partial charge in [0.25, 0.3) is 0 Å². The predicted octanol–water partition coefficient (Wildman–Crippen LogP) is -0.184. The number of hydrogen-bond donors (Lipinski definition) is 2. The van der Waals surface area contributed by atoms with Gasteiger partial charge in [-0.25, -0.2) is 9.78 Å². The first-order chi connectivity index (χ1) is 8.22. The molecule has 1 fully saturated rings. The van der Waals surface area contributed by atoms with Crippen LogP contribution in [0, 0.1) is 11.3 Å². The molecular formula is C11H12N4O2. The topological polar surface area (TPSA) is 89.3 Å². The number of nitrogens with zero attached hydrogens (tertiary/aromatic N) is 3. The largest absolute Gasteiger partial charge is 0.480 e. The summed E-state index contributed by atoms with van der Waals surface area (Å²) in [4.78, 5) is 17.0. The van der Waals surface area contributed by atoms with E-state index >= 15 is 0 Å². The minimum atomic E-state index is -0.888. The van der Waals surface area contributed by atoms with E-state index in [1.165, 1.54) is 6.20 Å². The first-order valence-corrected chi connectivity index (χ1v) is 5.28. The highest BCUT2D eigenvalue weighted by Gasteiger charge is 2.29. The Kier molecular flexibility index (Phi) is 3.21. The van der Waals surface area contributed by atoms with Gasteiger partial charge in [0, 0.05) is 25.8 Å². The Morgan fingerprint density at radius 3 is 3.24 bits per heavy atom. The first-order valence-electron chi connectivity index (χ1n) is 5.28. The molecule has 0 saturated carbocycles. The summed E-state index contributed by atoms with van der Waals surface area (Å²) in [5, 5.41) is 21.0. The summed E-state index contributed by atoms with van der Waals surface area (Å²) in [5.41, 5.74) is 0.484. The summed E-state index contributed by atoms with van der Waals surface area (Å²) in [5.74, 6) is -0.348. The average Bonchev–Trinajstić information content (AvgIpc) is 2.39. The van der Waals surface area contributed by atoms with Crippen LogP contribution in [0.4, 0.5) is 5.82 Å². The number of carbonyl (C=O) groups is 1. The highest BCUT2D eigenvalue weighted by Crippen LogP contribution is 2.16. The number of pyridine rings is 1. The van der Waals surface area contributed by atoms with E-state index in [4.69, 9.17) is 10.4 Å². The van der Waals surface area contributed by atoms with Crippen LogP contribution in [0.1, 0.15) is 5.56 Å². The van der Waals surface area contributed by atoms with Crippen molar-refractivity contribution >= 4 is 11.8 Å². The van der Waals surface area contributed by atoms with Crippen molar-refractivity contribution in [2.24, 2.45) is 0 Å². The lowest BCUT2D eigenvalue weighted by molar-refractivity contribution is -0.138. The van der Waals surface area contributed by atoms with Gasteiger partial charge in [-0.3, -0.25) is 0 Å². The third-order valence-electron chi connectivity index (χ3n) is 2.70. The smallest absolute Gasteiger partial charge is 0.327 e. The number of aliphatic carboxylic acids is 1. The van der Waals surface area contributed by atoms with E-state index in [0.29, 0.717) is 31.0 Å². The third-order valence-corrected chi connectivity index (χ3v) is 2.70. The molecule has 17 heavy (non-hydrogen) atoms. The van der Waals surface area contributed by atoms with Crippen LogP contribution in [0.2, 0.25) is 0 Å². The fourth-order valence-corrected chi connectivity index (χ4v) is 1.84. The maximum absolute atomic E-state index is 11.1. The van der Waals surface area contributed by atoms with Crippen LogP contribution in [-0.4, -0.2) is 41.7 Å². The Morgan fingerprint density at radius 2 is 2.53 bits per heavy atom. The molecule has 0 bridgehead atoms. The number of hydrogen-bond acceptors (Lipinski definition) is 5. The van der Waals surface area contributed by atoms with Crippen molar-refractivity contribution in [1.82, 2.24) is 10.3 Å². The van der Waals surface area contributed by atoms with Crippen LogP contribution in [0.5, 0.6) is 0 Å². The van der Waals surface area contributed by atoms with Gasteiger partial charge in [0.05, 0.1) is 11.6 Å². The van der Waals surface area contributed by atoms with Crippen molar-refractivity contribution in [3.8, 4) is 6.07 Å². The Hall–Kier alpha value is -2.13. The highest BCUT2D eigenvalue weighted by atomic mass is 16.4. The summed E-state index contributed by atoms with van der Waals surface area (Å²) in [6.45, 7) is 1.66. The van der Waals surface area contributed by atoms with Gasteiger partial charge in [0.15, 0.2) is 0 Å². The Labute approximate surface area is 98.5 Å². The van der Waals surface area contributed by atoms with Gasteiger partial charge in [0.1, 0.15) is 11.9 Å². The molecule has 1 aromatic rings. The molecule has 1 aliphatic rings. The highest BCUT2D eigenvalue weighted by molar-refractivity contribution is 5.78. The van der Waals surface area contributed by atoms with E-state index in [2.05, 4.69) is 10.3 Å². The maximum atomic E-state index is 11.1. The Balaban J connectivity index is 2.29. The normalized spacial score (nSPS) is 19.7. The van der Waals surface area contributed by atoms with E-state index in [1.807, 2.05) is 6.07 Å². The molecule has 1 aliphatic heterocycles. The molecular weight excluding hydrogens is 220 g/mol. The minimum absolute atomic E-state index is 0.383. The summed E-state index contributed by atoms with van der Waals surface area (Å²) in [6.07, 6.45) is 1.52. The Bertz CT molecular complexity index is 469. The zero-order chi connectivity index (χ0) is 12.3. The van der Waals surface area contributed by atoms with Gasteiger partial charge in [-0.05, 0) is 12.1 Å². The molecule has 88 valence electrons. The molecule has 0 spiro atoms. The zero-order valence-electron chi connectivity index (χ0n) is 9.13. The molecule has 0 radical (unpaired) electrons. The molecule has 6 heteroatoms. The van der Waals surface area contributed by atoms with Crippen molar-refractivity contribution in [2.45, 2.75) is 6.04 Å². The summed E-state index contributed by atoms with van der Waals surface area (Å²) in [6, 6.07) is 4.60. The number of anilines is 1. The molecule has 2 heterocycles. The van der Waals surface area contributed by atoms with Gasteiger partial charge in [0.2, 0.25) is 0 Å². The molecule has 0 aliphatic carbocycles. The van der Waals surface area contributed by atoms with Crippen LogP contribution in [0.3, 0.4) is 0 Å². The number of aromatic nitrogens is 1. The average molecular weight is 232 g/mol. The molecule has 1 atom stereocenters. The van der Waals surface area contributed by atoms with Crippen LogP contribution >= 0.6 is 0 Å². The lowest BCUT2D eigenvalue weighted by Crippen LogP contribution is -2.55. The van der Waals surface area contributed by atoms with Gasteiger partial charge in [-0.15, -0.1) is 0 Å². The lowest BCUT2D eigenvalue weighted by Gasteiger charge is -2.34. The van der Waals surface area contributed by atoms with E-state index in [9.17, 15) is 4.79 Å².